The van der Waals surface area contributed by atoms with Crippen LogP contribution in [-0.4, -0.2) is 22.2 Å². The van der Waals surface area contributed by atoms with Crippen LogP contribution in [0.1, 0.15) is 4.79 Å². The molecule has 0 unspecified atom stereocenters. The van der Waals surface area contributed by atoms with Crippen molar-refractivity contribution < 1.29 is 4.79 Å². The zero-order chi connectivity index (χ0) is 7.56. The fourth-order valence-electron chi connectivity index (χ4n) is 0.567. The van der Waals surface area contributed by atoms with E-state index in [2.05, 4.69) is 5.10 Å². The summed E-state index contributed by atoms with van der Waals surface area (Å²) in [7, 11) is 0. The van der Waals surface area contributed by atoms with E-state index in [1.165, 1.54) is 12.4 Å². The van der Waals surface area contributed by atoms with Crippen molar-refractivity contribution in [1.82, 2.24) is 9.78 Å². The Morgan fingerprint density at radius 3 is 2.90 bits per heavy atom. The van der Waals surface area contributed by atoms with E-state index in [0.717, 1.165) is 4.68 Å². The summed E-state index contributed by atoms with van der Waals surface area (Å²) in [6, 6.07) is 0. The predicted molar refractivity (Wildman–Crippen MR) is 36.3 cm³/mol. The van der Waals surface area contributed by atoms with Gasteiger partial charge in [0.05, 0.1) is 24.6 Å². The van der Waals surface area contributed by atoms with Crippen molar-refractivity contribution in [3.05, 3.63) is 12.4 Å². The van der Waals surface area contributed by atoms with E-state index in [1.807, 2.05) is 0 Å². The SMILES string of the molecule is NCC(=O)n1cc(N)cn1. The summed E-state index contributed by atoms with van der Waals surface area (Å²) in [6.45, 7) is -0.0544. The van der Waals surface area contributed by atoms with E-state index >= 15 is 0 Å². The number of nitrogens with two attached hydrogens (primary N) is 2. The summed E-state index contributed by atoms with van der Waals surface area (Å²) in [5, 5.41) is 3.65. The van der Waals surface area contributed by atoms with Crippen LogP contribution in [-0.2, 0) is 0 Å². The van der Waals surface area contributed by atoms with Gasteiger partial charge in [-0.3, -0.25) is 4.79 Å². The van der Waals surface area contributed by atoms with Gasteiger partial charge in [0.25, 0.3) is 5.91 Å². The van der Waals surface area contributed by atoms with Crippen LogP contribution >= 0.6 is 0 Å². The molecule has 0 aliphatic carbocycles. The number of rotatable bonds is 1. The molecule has 0 saturated carbocycles. The van der Waals surface area contributed by atoms with Gasteiger partial charge in [-0.15, -0.1) is 0 Å². The number of nitrogen functional groups attached to an aromatic ring is 1. The third-order valence-electron chi connectivity index (χ3n) is 1.03. The second-order valence-corrected chi connectivity index (χ2v) is 1.82. The maximum atomic E-state index is 10.7. The van der Waals surface area contributed by atoms with Crippen LogP contribution in [0.3, 0.4) is 0 Å². The second-order valence-electron chi connectivity index (χ2n) is 1.82. The van der Waals surface area contributed by atoms with Gasteiger partial charge < -0.3 is 11.5 Å². The Kier molecular flexibility index (Phi) is 1.68. The minimum Gasteiger partial charge on any atom is -0.396 e. The summed E-state index contributed by atoms with van der Waals surface area (Å²) in [4.78, 5) is 10.7. The van der Waals surface area contributed by atoms with Gasteiger partial charge in [-0.05, 0) is 0 Å². The highest BCUT2D eigenvalue weighted by Gasteiger charge is 2.01. The van der Waals surface area contributed by atoms with E-state index in [0.29, 0.717) is 5.69 Å². The molecule has 4 N–H and O–H groups in total. The van der Waals surface area contributed by atoms with Gasteiger partial charge in [0.15, 0.2) is 0 Å². The zero-order valence-corrected chi connectivity index (χ0v) is 5.32. The Balaban J connectivity index is 2.85. The third-order valence-corrected chi connectivity index (χ3v) is 1.03. The molecule has 1 heterocycles. The van der Waals surface area contributed by atoms with Crippen molar-refractivity contribution in [2.45, 2.75) is 0 Å². The molecule has 0 aliphatic rings. The third kappa shape index (κ3) is 1.14. The zero-order valence-electron chi connectivity index (χ0n) is 5.32. The summed E-state index contributed by atoms with van der Waals surface area (Å²) < 4.78 is 1.12. The second kappa shape index (κ2) is 2.49. The van der Waals surface area contributed by atoms with Crippen molar-refractivity contribution in [2.24, 2.45) is 5.73 Å². The van der Waals surface area contributed by atoms with Crippen LogP contribution < -0.4 is 11.5 Å². The average Bonchev–Trinajstić information content (AvgIpc) is 2.34. The highest BCUT2D eigenvalue weighted by Crippen LogP contribution is 1.95. The fourth-order valence-corrected chi connectivity index (χ4v) is 0.567. The average molecular weight is 140 g/mol. The lowest BCUT2D eigenvalue weighted by Crippen LogP contribution is -2.21. The van der Waals surface area contributed by atoms with Crippen LogP contribution in [0.15, 0.2) is 12.4 Å². The molecule has 5 nitrogen and oxygen atoms in total. The first-order valence-corrected chi connectivity index (χ1v) is 2.77. The quantitative estimate of drug-likeness (QED) is 0.527. The molecule has 0 saturated heterocycles. The molecule has 5 heteroatoms. The van der Waals surface area contributed by atoms with E-state index in [-0.39, 0.29) is 12.5 Å². The molecule has 0 aliphatic heterocycles. The van der Waals surface area contributed by atoms with Crippen molar-refractivity contribution >= 4 is 11.6 Å². The maximum Gasteiger partial charge on any atom is 0.260 e. The summed E-state index contributed by atoms with van der Waals surface area (Å²) in [5.74, 6) is -0.267. The van der Waals surface area contributed by atoms with Crippen LogP contribution in [0.2, 0.25) is 0 Å². The Labute approximate surface area is 57.6 Å². The molecular weight excluding hydrogens is 132 g/mol. The fraction of sp³-hybridized carbons (Fsp3) is 0.200. The van der Waals surface area contributed by atoms with Crippen molar-refractivity contribution in [1.29, 1.82) is 0 Å². The van der Waals surface area contributed by atoms with Crippen LogP contribution in [0.4, 0.5) is 5.69 Å². The summed E-state index contributed by atoms with van der Waals surface area (Å²) >= 11 is 0. The maximum absolute atomic E-state index is 10.7. The first-order valence-electron chi connectivity index (χ1n) is 2.77. The highest BCUT2D eigenvalue weighted by atomic mass is 16.2. The highest BCUT2D eigenvalue weighted by molar-refractivity contribution is 5.80. The molecule has 1 aromatic rings. The lowest BCUT2D eigenvalue weighted by molar-refractivity contribution is 0.0908. The predicted octanol–water partition coefficient (Wildman–Crippen LogP) is -0.936. The Morgan fingerprint density at radius 2 is 2.50 bits per heavy atom. The van der Waals surface area contributed by atoms with Gasteiger partial charge in [0.1, 0.15) is 0 Å². The number of nitrogens with zero attached hydrogens (tertiary/aromatic N) is 2. The minimum absolute atomic E-state index is 0.0544. The molecule has 0 spiro atoms. The van der Waals surface area contributed by atoms with Gasteiger partial charge in [0, 0.05) is 0 Å². The van der Waals surface area contributed by atoms with Gasteiger partial charge in [-0.25, -0.2) is 4.68 Å². The first kappa shape index (κ1) is 6.76. The van der Waals surface area contributed by atoms with E-state index in [4.69, 9.17) is 11.5 Å². The molecule has 0 atom stereocenters. The molecule has 0 amide bonds. The van der Waals surface area contributed by atoms with E-state index < -0.39 is 0 Å². The van der Waals surface area contributed by atoms with E-state index in [1.54, 1.807) is 0 Å². The van der Waals surface area contributed by atoms with E-state index in [9.17, 15) is 4.79 Å². The van der Waals surface area contributed by atoms with Gasteiger partial charge in [-0.1, -0.05) is 0 Å². The molecule has 1 aromatic heterocycles. The Morgan fingerprint density at radius 1 is 1.80 bits per heavy atom. The molecule has 1 rings (SSSR count). The molecule has 0 bridgehead atoms. The molecular formula is C5H8N4O. The van der Waals surface area contributed by atoms with Gasteiger partial charge in [0.2, 0.25) is 0 Å². The lowest BCUT2D eigenvalue weighted by atomic mass is 10.6. The molecule has 10 heavy (non-hydrogen) atoms. The number of aromatic nitrogens is 2. The number of anilines is 1. The number of hydrogen-bond acceptors (Lipinski definition) is 4. The molecule has 0 aromatic carbocycles. The Hall–Kier alpha value is -1.36. The van der Waals surface area contributed by atoms with Crippen molar-refractivity contribution in [2.75, 3.05) is 12.3 Å². The Bertz CT molecular complexity index is 242. The lowest BCUT2D eigenvalue weighted by Gasteiger charge is -1.92. The van der Waals surface area contributed by atoms with Crippen molar-refractivity contribution in [3.63, 3.8) is 0 Å². The van der Waals surface area contributed by atoms with Crippen molar-refractivity contribution in [3.8, 4) is 0 Å². The first-order chi connectivity index (χ1) is 4.74. The summed E-state index contributed by atoms with van der Waals surface area (Å²) in [6.07, 6.45) is 2.82. The molecule has 54 valence electrons. The molecule has 0 fully saturated rings. The van der Waals surface area contributed by atoms with Crippen LogP contribution in [0.5, 0.6) is 0 Å². The molecule has 0 radical (unpaired) electrons. The minimum atomic E-state index is -0.267. The van der Waals surface area contributed by atoms with Crippen LogP contribution in [0, 0.1) is 0 Å². The normalized spacial score (nSPS) is 9.70. The number of hydrogen-bond donors (Lipinski definition) is 2. The number of carbonyl (C=O) groups is 1. The van der Waals surface area contributed by atoms with Gasteiger partial charge >= 0.3 is 0 Å². The monoisotopic (exact) mass is 140 g/mol. The largest absolute Gasteiger partial charge is 0.396 e. The standard InChI is InChI=1S/C5H8N4O/c6-1-5(10)9-3-4(7)2-8-9/h2-3H,1,6-7H2. The topological polar surface area (TPSA) is 86.9 Å². The smallest absolute Gasteiger partial charge is 0.260 e. The number of carbonyl (C=O) groups excluding carboxylic acids is 1. The summed E-state index contributed by atoms with van der Waals surface area (Å²) in [5.41, 5.74) is 10.8. The van der Waals surface area contributed by atoms with Gasteiger partial charge in [-0.2, -0.15) is 5.10 Å². The van der Waals surface area contributed by atoms with Crippen LogP contribution in [0.25, 0.3) is 0 Å².